The van der Waals surface area contributed by atoms with Crippen molar-refractivity contribution in [2.24, 2.45) is 7.05 Å². The Bertz CT molecular complexity index is 950. The zero-order chi connectivity index (χ0) is 14.4. The predicted molar refractivity (Wildman–Crippen MR) is 88.4 cm³/mol. The first-order valence-electron chi connectivity index (χ1n) is 7.15. The van der Waals surface area contributed by atoms with Crippen molar-refractivity contribution in [1.82, 2.24) is 9.55 Å². The van der Waals surface area contributed by atoms with Crippen LogP contribution < -0.4 is 0 Å². The smallest absolute Gasteiger partial charge is 0.0966 e. The number of hydrogen-bond acceptors (Lipinski definition) is 1. The first-order valence-corrected chi connectivity index (χ1v) is 7.15. The van der Waals surface area contributed by atoms with Gasteiger partial charge < -0.3 is 4.57 Å². The average Bonchev–Trinajstić information content (AvgIpc) is 2.82. The standard InChI is InChI=1S/C19H16N2/c1-13-12-20-18-15-10-6-7-11-16(15)21(2)19(18)17(13)14-8-4-3-5-9-14/h3-12H,1-2H3. The van der Waals surface area contributed by atoms with Gasteiger partial charge >= 0.3 is 0 Å². The van der Waals surface area contributed by atoms with E-state index in [1.807, 2.05) is 6.20 Å². The molecule has 2 heterocycles. The van der Waals surface area contributed by atoms with E-state index in [4.69, 9.17) is 4.98 Å². The minimum absolute atomic E-state index is 1.08. The van der Waals surface area contributed by atoms with Gasteiger partial charge in [0.2, 0.25) is 0 Å². The summed E-state index contributed by atoms with van der Waals surface area (Å²) >= 11 is 0. The van der Waals surface area contributed by atoms with Gasteiger partial charge in [0.15, 0.2) is 0 Å². The Balaban J connectivity index is 2.23. The number of nitrogens with zero attached hydrogens (tertiary/aromatic N) is 2. The third-order valence-corrected chi connectivity index (χ3v) is 4.16. The Kier molecular flexibility index (Phi) is 2.58. The van der Waals surface area contributed by atoms with Crippen LogP contribution in [0, 0.1) is 6.92 Å². The van der Waals surface area contributed by atoms with Gasteiger partial charge in [-0.25, -0.2) is 0 Å². The molecule has 2 heteroatoms. The van der Waals surface area contributed by atoms with Crippen molar-refractivity contribution in [3.63, 3.8) is 0 Å². The van der Waals surface area contributed by atoms with Crippen molar-refractivity contribution >= 4 is 21.9 Å². The molecule has 4 aromatic rings. The van der Waals surface area contributed by atoms with Crippen LogP contribution in [0.1, 0.15) is 5.56 Å². The number of rotatable bonds is 1. The molecular weight excluding hydrogens is 256 g/mol. The zero-order valence-electron chi connectivity index (χ0n) is 12.2. The van der Waals surface area contributed by atoms with E-state index < -0.39 is 0 Å². The number of hydrogen-bond donors (Lipinski definition) is 0. The second-order valence-electron chi connectivity index (χ2n) is 5.46. The first kappa shape index (κ1) is 12.2. The summed E-state index contributed by atoms with van der Waals surface area (Å²) in [5, 5.41) is 1.21. The van der Waals surface area contributed by atoms with Crippen LogP contribution in [-0.4, -0.2) is 9.55 Å². The number of pyridine rings is 1. The molecule has 0 aliphatic rings. The zero-order valence-corrected chi connectivity index (χ0v) is 12.2. The maximum atomic E-state index is 4.70. The number of aromatic nitrogens is 2. The van der Waals surface area contributed by atoms with Crippen molar-refractivity contribution in [2.45, 2.75) is 6.92 Å². The van der Waals surface area contributed by atoms with E-state index in [9.17, 15) is 0 Å². The van der Waals surface area contributed by atoms with Gasteiger partial charge in [-0.2, -0.15) is 0 Å². The Hall–Kier alpha value is -2.61. The normalized spacial score (nSPS) is 11.3. The fourth-order valence-corrected chi connectivity index (χ4v) is 3.17. The molecule has 0 aliphatic carbocycles. The maximum absolute atomic E-state index is 4.70. The van der Waals surface area contributed by atoms with Crippen LogP contribution >= 0.6 is 0 Å². The average molecular weight is 272 g/mol. The van der Waals surface area contributed by atoms with Gasteiger partial charge in [-0.3, -0.25) is 4.98 Å². The van der Waals surface area contributed by atoms with Crippen LogP contribution in [0.5, 0.6) is 0 Å². The number of aryl methyl sites for hydroxylation is 2. The van der Waals surface area contributed by atoms with Crippen LogP contribution in [0.3, 0.4) is 0 Å². The SMILES string of the molecule is Cc1cnc2c3ccccc3n(C)c2c1-c1ccccc1. The highest BCUT2D eigenvalue weighted by atomic mass is 15.0. The lowest BCUT2D eigenvalue weighted by Crippen LogP contribution is -1.93. The Morgan fingerprint density at radius 3 is 2.43 bits per heavy atom. The van der Waals surface area contributed by atoms with Gasteiger partial charge in [-0.15, -0.1) is 0 Å². The van der Waals surface area contributed by atoms with E-state index in [0.717, 1.165) is 5.52 Å². The van der Waals surface area contributed by atoms with Gasteiger partial charge in [0.25, 0.3) is 0 Å². The second kappa shape index (κ2) is 4.45. The highest BCUT2D eigenvalue weighted by Crippen LogP contribution is 2.35. The van der Waals surface area contributed by atoms with Gasteiger partial charge in [0.1, 0.15) is 0 Å². The molecule has 2 aromatic carbocycles. The summed E-state index contributed by atoms with van der Waals surface area (Å²) in [4.78, 5) is 4.70. The lowest BCUT2D eigenvalue weighted by atomic mass is 10.0. The molecular formula is C19H16N2. The highest BCUT2D eigenvalue weighted by Gasteiger charge is 2.15. The minimum Gasteiger partial charge on any atom is -0.342 e. The quantitative estimate of drug-likeness (QED) is 0.491. The van der Waals surface area contributed by atoms with Crippen molar-refractivity contribution in [2.75, 3.05) is 0 Å². The summed E-state index contributed by atoms with van der Waals surface area (Å²) in [6.07, 6.45) is 1.98. The molecule has 0 radical (unpaired) electrons. The second-order valence-corrected chi connectivity index (χ2v) is 5.46. The van der Waals surface area contributed by atoms with E-state index in [0.29, 0.717) is 0 Å². The maximum Gasteiger partial charge on any atom is 0.0966 e. The van der Waals surface area contributed by atoms with Crippen molar-refractivity contribution in [3.05, 3.63) is 66.4 Å². The third kappa shape index (κ3) is 1.69. The molecule has 21 heavy (non-hydrogen) atoms. The first-order chi connectivity index (χ1) is 10.3. The van der Waals surface area contributed by atoms with Crippen molar-refractivity contribution in [1.29, 1.82) is 0 Å². The number of benzene rings is 2. The predicted octanol–water partition coefficient (Wildman–Crippen LogP) is 4.70. The summed E-state index contributed by atoms with van der Waals surface area (Å²) in [6.45, 7) is 2.13. The fourth-order valence-electron chi connectivity index (χ4n) is 3.17. The third-order valence-electron chi connectivity index (χ3n) is 4.16. The lowest BCUT2D eigenvalue weighted by molar-refractivity contribution is 1.01. The number of para-hydroxylation sites is 1. The Morgan fingerprint density at radius 1 is 0.905 bits per heavy atom. The summed E-state index contributed by atoms with van der Waals surface area (Å²) in [5.74, 6) is 0. The molecule has 0 saturated carbocycles. The summed E-state index contributed by atoms with van der Waals surface area (Å²) in [6, 6.07) is 19.0. The van der Waals surface area contributed by atoms with E-state index in [1.54, 1.807) is 0 Å². The minimum atomic E-state index is 1.08. The summed E-state index contributed by atoms with van der Waals surface area (Å²) in [7, 11) is 2.12. The molecule has 4 rings (SSSR count). The molecule has 0 bridgehead atoms. The molecule has 0 amide bonds. The molecule has 2 nitrogen and oxygen atoms in total. The van der Waals surface area contributed by atoms with Crippen molar-refractivity contribution in [3.8, 4) is 11.1 Å². The molecule has 102 valence electrons. The monoisotopic (exact) mass is 272 g/mol. The van der Waals surface area contributed by atoms with Crippen LogP contribution in [0.4, 0.5) is 0 Å². The van der Waals surface area contributed by atoms with E-state index in [1.165, 1.54) is 33.1 Å². The van der Waals surface area contributed by atoms with Gasteiger partial charge in [0.05, 0.1) is 16.6 Å². The van der Waals surface area contributed by atoms with Crippen molar-refractivity contribution < 1.29 is 0 Å². The van der Waals surface area contributed by atoms with E-state index in [-0.39, 0.29) is 0 Å². The molecule has 0 saturated heterocycles. The van der Waals surface area contributed by atoms with Crippen LogP contribution in [0.15, 0.2) is 60.8 Å². The van der Waals surface area contributed by atoms with Gasteiger partial charge in [-0.1, -0.05) is 48.5 Å². The van der Waals surface area contributed by atoms with Crippen LogP contribution in [0.25, 0.3) is 33.1 Å². The molecule has 2 aromatic heterocycles. The van der Waals surface area contributed by atoms with Gasteiger partial charge in [-0.05, 0) is 24.1 Å². The summed E-state index contributed by atoms with van der Waals surface area (Å²) in [5.41, 5.74) is 7.25. The molecule has 0 fully saturated rings. The topological polar surface area (TPSA) is 17.8 Å². The number of fused-ring (bicyclic) bond motifs is 3. The molecule has 0 unspecified atom stereocenters. The van der Waals surface area contributed by atoms with Crippen LogP contribution in [-0.2, 0) is 7.05 Å². The van der Waals surface area contributed by atoms with E-state index in [2.05, 4.69) is 73.1 Å². The molecule has 0 atom stereocenters. The lowest BCUT2D eigenvalue weighted by Gasteiger charge is -2.09. The molecule has 0 spiro atoms. The molecule has 0 N–H and O–H groups in total. The van der Waals surface area contributed by atoms with E-state index >= 15 is 0 Å². The summed E-state index contributed by atoms with van der Waals surface area (Å²) < 4.78 is 2.26. The highest BCUT2D eigenvalue weighted by molar-refractivity contribution is 6.10. The molecule has 0 aliphatic heterocycles. The Labute approximate surface area is 123 Å². The van der Waals surface area contributed by atoms with Crippen LogP contribution in [0.2, 0.25) is 0 Å². The van der Waals surface area contributed by atoms with Gasteiger partial charge in [0, 0.05) is 24.2 Å². The fraction of sp³-hybridized carbons (Fsp3) is 0.105. The Morgan fingerprint density at radius 2 is 1.62 bits per heavy atom. The largest absolute Gasteiger partial charge is 0.342 e.